The van der Waals surface area contributed by atoms with E-state index >= 15 is 0 Å². The summed E-state index contributed by atoms with van der Waals surface area (Å²) in [6.07, 6.45) is 3.10. The second-order valence-electron chi connectivity index (χ2n) is 7.37. The molecule has 150 valence electrons. The second kappa shape index (κ2) is 7.67. The van der Waals surface area contributed by atoms with Crippen molar-refractivity contribution in [2.75, 3.05) is 13.1 Å². The zero-order valence-electron chi connectivity index (χ0n) is 16.2. The summed E-state index contributed by atoms with van der Waals surface area (Å²) in [6.45, 7) is 1.03. The van der Waals surface area contributed by atoms with Crippen molar-refractivity contribution < 1.29 is 13.6 Å². The number of nitrogens with zero attached hydrogens (tertiary/aromatic N) is 4. The molecule has 0 N–H and O–H groups in total. The van der Waals surface area contributed by atoms with E-state index in [9.17, 15) is 9.18 Å². The molecule has 7 heteroatoms. The monoisotopic (exact) mass is 402 g/mol. The van der Waals surface area contributed by atoms with Gasteiger partial charge in [0.2, 0.25) is 5.89 Å². The van der Waals surface area contributed by atoms with Crippen LogP contribution in [0.15, 0.2) is 65.2 Å². The van der Waals surface area contributed by atoms with Gasteiger partial charge >= 0.3 is 0 Å². The van der Waals surface area contributed by atoms with Crippen molar-refractivity contribution in [2.24, 2.45) is 0 Å². The number of pyridine rings is 1. The number of hydrogen-bond acceptors (Lipinski definition) is 5. The van der Waals surface area contributed by atoms with Gasteiger partial charge in [-0.15, -0.1) is 10.2 Å². The average molecular weight is 402 g/mol. The SMILES string of the molecule is O=C(c1ccccc1F)N1CCC(c2nnc(-c3nccc4ccccc34)o2)CC1. The van der Waals surface area contributed by atoms with Gasteiger partial charge in [-0.1, -0.05) is 36.4 Å². The molecule has 1 saturated heterocycles. The Morgan fingerprint density at radius 1 is 1.00 bits per heavy atom. The van der Waals surface area contributed by atoms with Crippen LogP contribution < -0.4 is 0 Å². The maximum atomic E-state index is 13.9. The number of aromatic nitrogens is 3. The number of rotatable bonds is 3. The minimum Gasteiger partial charge on any atom is -0.419 e. The zero-order valence-corrected chi connectivity index (χ0v) is 16.2. The molecule has 6 nitrogen and oxygen atoms in total. The Morgan fingerprint density at radius 3 is 2.60 bits per heavy atom. The fourth-order valence-electron chi connectivity index (χ4n) is 3.92. The Balaban J connectivity index is 1.31. The van der Waals surface area contributed by atoms with Crippen molar-refractivity contribution in [1.82, 2.24) is 20.1 Å². The second-order valence-corrected chi connectivity index (χ2v) is 7.37. The van der Waals surface area contributed by atoms with Gasteiger partial charge < -0.3 is 9.32 Å². The number of amides is 1. The summed E-state index contributed by atoms with van der Waals surface area (Å²) in [7, 11) is 0. The minimum absolute atomic E-state index is 0.0610. The number of carbonyl (C=O) groups is 1. The highest BCUT2D eigenvalue weighted by molar-refractivity contribution is 5.94. The lowest BCUT2D eigenvalue weighted by molar-refractivity contribution is 0.0701. The first-order chi connectivity index (χ1) is 14.7. The molecule has 0 spiro atoms. The highest BCUT2D eigenvalue weighted by atomic mass is 19.1. The zero-order chi connectivity index (χ0) is 20.5. The smallest absolute Gasteiger partial charge is 0.266 e. The van der Waals surface area contributed by atoms with Gasteiger partial charge in [-0.2, -0.15) is 0 Å². The largest absolute Gasteiger partial charge is 0.419 e. The normalized spacial score (nSPS) is 14.9. The van der Waals surface area contributed by atoms with E-state index in [0.29, 0.717) is 43.4 Å². The number of halogens is 1. The van der Waals surface area contributed by atoms with Gasteiger partial charge in [0, 0.05) is 30.6 Å². The van der Waals surface area contributed by atoms with Crippen LogP contribution in [0.1, 0.15) is 35.0 Å². The standard InChI is InChI=1S/C23H19FN4O2/c24-19-8-4-3-7-18(19)23(29)28-13-10-16(11-14-28)21-26-27-22(30-21)20-17-6-2-1-5-15(17)9-12-25-20/h1-9,12,16H,10-11,13-14H2. The van der Waals surface area contributed by atoms with E-state index in [2.05, 4.69) is 15.2 Å². The molecule has 5 rings (SSSR count). The predicted octanol–water partition coefficient (Wildman–Crippen LogP) is 4.44. The Morgan fingerprint density at radius 2 is 1.77 bits per heavy atom. The molecular weight excluding hydrogens is 383 g/mol. The van der Waals surface area contributed by atoms with E-state index in [-0.39, 0.29) is 17.4 Å². The van der Waals surface area contributed by atoms with Crippen LogP contribution in [0.4, 0.5) is 4.39 Å². The molecule has 1 aliphatic rings. The molecule has 0 atom stereocenters. The minimum atomic E-state index is -0.492. The molecule has 30 heavy (non-hydrogen) atoms. The highest BCUT2D eigenvalue weighted by Crippen LogP contribution is 2.31. The lowest BCUT2D eigenvalue weighted by atomic mass is 9.96. The quantitative estimate of drug-likeness (QED) is 0.506. The van der Waals surface area contributed by atoms with Gasteiger partial charge in [-0.25, -0.2) is 4.39 Å². The molecule has 2 aromatic carbocycles. The number of benzene rings is 2. The van der Waals surface area contributed by atoms with Gasteiger partial charge in [0.1, 0.15) is 11.5 Å². The molecule has 0 saturated carbocycles. The Hall–Kier alpha value is -3.61. The molecule has 1 amide bonds. The number of fused-ring (bicyclic) bond motifs is 1. The molecule has 3 heterocycles. The molecule has 4 aromatic rings. The first-order valence-corrected chi connectivity index (χ1v) is 9.92. The molecule has 0 bridgehead atoms. The van der Waals surface area contributed by atoms with Gasteiger partial charge in [0.25, 0.3) is 11.8 Å². The van der Waals surface area contributed by atoms with Crippen LogP contribution in [0.25, 0.3) is 22.4 Å². The summed E-state index contributed by atoms with van der Waals surface area (Å²) in [6, 6.07) is 15.9. The fourth-order valence-corrected chi connectivity index (χ4v) is 3.92. The third kappa shape index (κ3) is 3.32. The Labute approximate surface area is 172 Å². The van der Waals surface area contributed by atoms with Crippen molar-refractivity contribution >= 4 is 16.7 Å². The summed E-state index contributed by atoms with van der Waals surface area (Å²) in [4.78, 5) is 18.7. The number of hydrogen-bond donors (Lipinski definition) is 0. The van der Waals surface area contributed by atoms with Gasteiger partial charge in [0.05, 0.1) is 5.56 Å². The Bertz CT molecular complexity index is 1210. The van der Waals surface area contributed by atoms with Crippen molar-refractivity contribution in [3.05, 3.63) is 78.1 Å². The molecule has 2 aromatic heterocycles. The topological polar surface area (TPSA) is 72.1 Å². The van der Waals surface area contributed by atoms with Crippen LogP contribution in [0.2, 0.25) is 0 Å². The van der Waals surface area contributed by atoms with Crippen LogP contribution in [0.3, 0.4) is 0 Å². The van der Waals surface area contributed by atoms with Gasteiger partial charge in [0.15, 0.2) is 0 Å². The summed E-state index contributed by atoms with van der Waals surface area (Å²) >= 11 is 0. The predicted molar refractivity (Wildman–Crippen MR) is 109 cm³/mol. The van der Waals surface area contributed by atoms with Crippen molar-refractivity contribution in [2.45, 2.75) is 18.8 Å². The van der Waals surface area contributed by atoms with Crippen LogP contribution in [0, 0.1) is 5.82 Å². The van der Waals surface area contributed by atoms with Crippen LogP contribution in [0.5, 0.6) is 0 Å². The maximum Gasteiger partial charge on any atom is 0.266 e. The lowest BCUT2D eigenvalue weighted by Crippen LogP contribution is -2.38. The third-order valence-electron chi connectivity index (χ3n) is 5.55. The summed E-state index contributed by atoms with van der Waals surface area (Å²) < 4.78 is 19.9. The molecule has 0 unspecified atom stereocenters. The van der Waals surface area contributed by atoms with Crippen molar-refractivity contribution in [3.63, 3.8) is 0 Å². The third-order valence-corrected chi connectivity index (χ3v) is 5.55. The summed E-state index contributed by atoms with van der Waals surface area (Å²) in [5.41, 5.74) is 0.775. The van der Waals surface area contributed by atoms with Gasteiger partial charge in [-0.05, 0) is 36.4 Å². The first-order valence-electron chi connectivity index (χ1n) is 9.92. The summed E-state index contributed by atoms with van der Waals surface area (Å²) in [5.74, 6) is 0.238. The van der Waals surface area contributed by atoms with E-state index in [0.717, 1.165) is 10.8 Å². The molecule has 0 radical (unpaired) electrons. The highest BCUT2D eigenvalue weighted by Gasteiger charge is 2.29. The molecule has 1 aliphatic heterocycles. The van der Waals surface area contributed by atoms with Gasteiger partial charge in [-0.3, -0.25) is 9.78 Å². The van der Waals surface area contributed by atoms with Crippen LogP contribution in [-0.4, -0.2) is 39.1 Å². The fraction of sp³-hybridized carbons (Fsp3) is 0.217. The summed E-state index contributed by atoms with van der Waals surface area (Å²) in [5, 5.41) is 10.5. The number of carbonyl (C=O) groups excluding carboxylic acids is 1. The van der Waals surface area contributed by atoms with E-state index < -0.39 is 5.82 Å². The maximum absolute atomic E-state index is 13.9. The van der Waals surface area contributed by atoms with Crippen LogP contribution in [-0.2, 0) is 0 Å². The Kier molecular flexibility index (Phi) is 4.71. The van der Waals surface area contributed by atoms with E-state index in [4.69, 9.17) is 4.42 Å². The van der Waals surface area contributed by atoms with E-state index in [1.54, 1.807) is 23.2 Å². The van der Waals surface area contributed by atoms with Crippen molar-refractivity contribution in [3.8, 4) is 11.6 Å². The van der Waals surface area contributed by atoms with Crippen LogP contribution >= 0.6 is 0 Å². The van der Waals surface area contributed by atoms with E-state index in [1.807, 2.05) is 30.3 Å². The molecule has 0 aliphatic carbocycles. The van der Waals surface area contributed by atoms with E-state index in [1.165, 1.54) is 12.1 Å². The number of piperidine rings is 1. The molecule has 1 fully saturated rings. The number of likely N-dealkylation sites (tertiary alicyclic amines) is 1. The average Bonchev–Trinajstić information content (AvgIpc) is 3.29. The van der Waals surface area contributed by atoms with Crippen molar-refractivity contribution in [1.29, 1.82) is 0 Å². The first kappa shape index (κ1) is 18.4. The lowest BCUT2D eigenvalue weighted by Gasteiger charge is -2.30. The molecular formula is C23H19FN4O2.